The van der Waals surface area contributed by atoms with Gasteiger partial charge in [0.1, 0.15) is 5.82 Å². The van der Waals surface area contributed by atoms with Crippen molar-refractivity contribution >= 4 is 11.7 Å². The molecule has 2 aromatic rings. The summed E-state index contributed by atoms with van der Waals surface area (Å²) in [6, 6.07) is 3.43. The SMILES string of the molecule is CCNc1ncccc1C(=O)NCc1noc(C)n1. The molecule has 0 aliphatic heterocycles. The zero-order chi connectivity index (χ0) is 13.7. The van der Waals surface area contributed by atoms with Gasteiger partial charge in [0, 0.05) is 19.7 Å². The monoisotopic (exact) mass is 261 g/mol. The van der Waals surface area contributed by atoms with E-state index in [4.69, 9.17) is 4.52 Å². The second-order valence-corrected chi connectivity index (χ2v) is 3.84. The highest BCUT2D eigenvalue weighted by Gasteiger charge is 2.12. The predicted octanol–water partition coefficient (Wildman–Crippen LogP) is 1.13. The molecule has 0 aromatic carbocycles. The fourth-order valence-corrected chi connectivity index (χ4v) is 1.56. The van der Waals surface area contributed by atoms with Crippen LogP contribution in [-0.2, 0) is 6.54 Å². The summed E-state index contributed by atoms with van der Waals surface area (Å²) >= 11 is 0. The number of pyridine rings is 1. The lowest BCUT2D eigenvalue weighted by molar-refractivity contribution is 0.0950. The molecule has 0 radical (unpaired) electrons. The molecule has 0 atom stereocenters. The van der Waals surface area contributed by atoms with Crippen LogP contribution in [0.2, 0.25) is 0 Å². The van der Waals surface area contributed by atoms with Gasteiger partial charge in [-0.25, -0.2) is 4.98 Å². The smallest absolute Gasteiger partial charge is 0.255 e. The van der Waals surface area contributed by atoms with Crippen LogP contribution in [0.15, 0.2) is 22.9 Å². The maximum absolute atomic E-state index is 12.0. The number of anilines is 1. The van der Waals surface area contributed by atoms with Gasteiger partial charge in [-0.1, -0.05) is 5.16 Å². The molecule has 1 amide bonds. The van der Waals surface area contributed by atoms with Crippen molar-refractivity contribution in [2.45, 2.75) is 20.4 Å². The summed E-state index contributed by atoms with van der Waals surface area (Å²) in [7, 11) is 0. The van der Waals surface area contributed by atoms with Crippen molar-refractivity contribution in [2.75, 3.05) is 11.9 Å². The van der Waals surface area contributed by atoms with Crippen LogP contribution in [0.5, 0.6) is 0 Å². The number of nitrogens with one attached hydrogen (secondary N) is 2. The van der Waals surface area contributed by atoms with Gasteiger partial charge in [0.15, 0.2) is 5.82 Å². The summed E-state index contributed by atoms with van der Waals surface area (Å²) in [6.07, 6.45) is 1.64. The first-order chi connectivity index (χ1) is 9.20. The predicted molar refractivity (Wildman–Crippen MR) is 68.6 cm³/mol. The Bertz CT molecular complexity index is 567. The van der Waals surface area contributed by atoms with Crippen molar-refractivity contribution in [3.05, 3.63) is 35.6 Å². The van der Waals surface area contributed by atoms with Gasteiger partial charge >= 0.3 is 0 Å². The molecule has 0 aliphatic carbocycles. The molecule has 0 spiro atoms. The number of aryl methyl sites for hydroxylation is 1. The minimum absolute atomic E-state index is 0.219. The summed E-state index contributed by atoms with van der Waals surface area (Å²) in [5, 5.41) is 9.47. The third-order valence-corrected chi connectivity index (χ3v) is 2.37. The highest BCUT2D eigenvalue weighted by Crippen LogP contribution is 2.10. The number of aromatic nitrogens is 3. The zero-order valence-electron chi connectivity index (χ0n) is 10.8. The molecule has 19 heavy (non-hydrogen) atoms. The second kappa shape index (κ2) is 5.94. The van der Waals surface area contributed by atoms with E-state index in [1.807, 2.05) is 6.92 Å². The first-order valence-electron chi connectivity index (χ1n) is 5.97. The largest absolute Gasteiger partial charge is 0.370 e. The average molecular weight is 261 g/mol. The maximum atomic E-state index is 12.0. The van der Waals surface area contributed by atoms with E-state index in [0.29, 0.717) is 29.6 Å². The summed E-state index contributed by atoms with van der Waals surface area (Å²) in [4.78, 5) is 20.2. The van der Waals surface area contributed by atoms with Crippen LogP contribution in [0.3, 0.4) is 0 Å². The third kappa shape index (κ3) is 3.27. The van der Waals surface area contributed by atoms with Crippen LogP contribution in [0.1, 0.15) is 29.0 Å². The molecule has 0 saturated heterocycles. The molecular formula is C12H15N5O2. The number of carbonyl (C=O) groups is 1. The molecule has 0 unspecified atom stereocenters. The molecule has 7 heteroatoms. The minimum atomic E-state index is -0.230. The van der Waals surface area contributed by atoms with Gasteiger partial charge < -0.3 is 15.2 Å². The minimum Gasteiger partial charge on any atom is -0.370 e. The topological polar surface area (TPSA) is 92.9 Å². The van der Waals surface area contributed by atoms with E-state index in [9.17, 15) is 4.79 Å². The van der Waals surface area contributed by atoms with Gasteiger partial charge in [-0.05, 0) is 19.1 Å². The van der Waals surface area contributed by atoms with E-state index < -0.39 is 0 Å². The van der Waals surface area contributed by atoms with Crippen LogP contribution < -0.4 is 10.6 Å². The number of hydrogen-bond acceptors (Lipinski definition) is 6. The number of carbonyl (C=O) groups excluding carboxylic acids is 1. The number of nitrogens with zero attached hydrogens (tertiary/aromatic N) is 3. The van der Waals surface area contributed by atoms with E-state index in [1.54, 1.807) is 25.3 Å². The Kier molecular flexibility index (Phi) is 4.07. The van der Waals surface area contributed by atoms with Gasteiger partial charge in [-0.3, -0.25) is 4.79 Å². The quantitative estimate of drug-likeness (QED) is 0.838. The Morgan fingerprint density at radius 3 is 3.00 bits per heavy atom. The van der Waals surface area contributed by atoms with Crippen molar-refractivity contribution in [2.24, 2.45) is 0 Å². The maximum Gasteiger partial charge on any atom is 0.255 e. The van der Waals surface area contributed by atoms with Crippen molar-refractivity contribution in [1.29, 1.82) is 0 Å². The normalized spacial score (nSPS) is 10.2. The van der Waals surface area contributed by atoms with Crippen LogP contribution in [-0.4, -0.2) is 27.6 Å². The van der Waals surface area contributed by atoms with Crippen molar-refractivity contribution in [1.82, 2.24) is 20.4 Å². The second-order valence-electron chi connectivity index (χ2n) is 3.84. The van der Waals surface area contributed by atoms with Crippen molar-refractivity contribution in [3.63, 3.8) is 0 Å². The molecule has 0 fully saturated rings. The number of hydrogen-bond donors (Lipinski definition) is 2. The third-order valence-electron chi connectivity index (χ3n) is 2.37. The van der Waals surface area contributed by atoms with Crippen molar-refractivity contribution in [3.8, 4) is 0 Å². The standard InChI is InChI=1S/C12H15N5O2/c1-3-13-11-9(5-4-6-14-11)12(18)15-7-10-16-8(2)19-17-10/h4-6H,3,7H2,1-2H3,(H,13,14)(H,15,18). The number of rotatable bonds is 5. The zero-order valence-corrected chi connectivity index (χ0v) is 10.8. The molecular weight excluding hydrogens is 246 g/mol. The first-order valence-corrected chi connectivity index (χ1v) is 5.97. The van der Waals surface area contributed by atoms with E-state index in [0.717, 1.165) is 0 Å². The molecule has 7 nitrogen and oxygen atoms in total. The van der Waals surface area contributed by atoms with E-state index >= 15 is 0 Å². The van der Waals surface area contributed by atoms with Crippen LogP contribution in [0, 0.1) is 6.92 Å². The molecule has 2 heterocycles. The number of amides is 1. The molecule has 2 aromatic heterocycles. The van der Waals surface area contributed by atoms with Gasteiger partial charge in [0.05, 0.1) is 12.1 Å². The van der Waals surface area contributed by atoms with Gasteiger partial charge in [0.25, 0.3) is 5.91 Å². The summed E-state index contributed by atoms with van der Waals surface area (Å²) in [5.41, 5.74) is 0.490. The fraction of sp³-hybridized carbons (Fsp3) is 0.333. The molecule has 0 saturated carbocycles. The highest BCUT2D eigenvalue weighted by molar-refractivity contribution is 5.98. The van der Waals surface area contributed by atoms with E-state index in [2.05, 4.69) is 25.8 Å². The molecule has 2 N–H and O–H groups in total. The van der Waals surface area contributed by atoms with Gasteiger partial charge in [0.2, 0.25) is 5.89 Å². The Morgan fingerprint density at radius 1 is 1.47 bits per heavy atom. The van der Waals surface area contributed by atoms with Crippen LogP contribution in [0.25, 0.3) is 0 Å². The highest BCUT2D eigenvalue weighted by atomic mass is 16.5. The molecule has 0 aliphatic rings. The van der Waals surface area contributed by atoms with Gasteiger partial charge in [-0.15, -0.1) is 0 Å². The lowest BCUT2D eigenvalue weighted by atomic mass is 10.2. The van der Waals surface area contributed by atoms with Crippen LogP contribution >= 0.6 is 0 Å². The molecule has 2 rings (SSSR count). The van der Waals surface area contributed by atoms with Crippen molar-refractivity contribution < 1.29 is 9.32 Å². The molecule has 0 bridgehead atoms. The van der Waals surface area contributed by atoms with Crippen LogP contribution in [0.4, 0.5) is 5.82 Å². The molecule has 100 valence electrons. The Balaban J connectivity index is 2.03. The Labute approximate surface area is 110 Å². The summed E-state index contributed by atoms with van der Waals surface area (Å²) < 4.78 is 4.83. The van der Waals surface area contributed by atoms with E-state index in [-0.39, 0.29) is 12.5 Å². The van der Waals surface area contributed by atoms with E-state index in [1.165, 1.54) is 0 Å². The first kappa shape index (κ1) is 13.0. The average Bonchev–Trinajstić information content (AvgIpc) is 2.83. The Morgan fingerprint density at radius 2 is 2.32 bits per heavy atom. The fourth-order valence-electron chi connectivity index (χ4n) is 1.56. The summed E-state index contributed by atoms with van der Waals surface area (Å²) in [6.45, 7) is 4.55. The summed E-state index contributed by atoms with van der Waals surface area (Å²) in [5.74, 6) is 1.25. The Hall–Kier alpha value is -2.44. The van der Waals surface area contributed by atoms with Gasteiger partial charge in [-0.2, -0.15) is 4.98 Å². The lowest BCUT2D eigenvalue weighted by Gasteiger charge is -2.08. The lowest BCUT2D eigenvalue weighted by Crippen LogP contribution is -2.24.